The Kier molecular flexibility index (Phi) is 3.69. The molecule has 3 nitrogen and oxygen atoms in total. The summed E-state index contributed by atoms with van der Waals surface area (Å²) in [7, 11) is 0. The summed E-state index contributed by atoms with van der Waals surface area (Å²) in [5.74, 6) is 0.230. The van der Waals surface area contributed by atoms with Crippen LogP contribution < -0.4 is 5.73 Å². The van der Waals surface area contributed by atoms with Gasteiger partial charge in [0.15, 0.2) is 6.04 Å². The fraction of sp³-hybridized carbons (Fsp3) is 0.727. The van der Waals surface area contributed by atoms with Gasteiger partial charge >= 0.3 is 5.97 Å². The van der Waals surface area contributed by atoms with Gasteiger partial charge in [-0.2, -0.15) is 0 Å². The van der Waals surface area contributed by atoms with Crippen molar-refractivity contribution in [3.63, 3.8) is 0 Å². The molecule has 0 spiro atoms. The standard InChI is InChI=1S/C11H19NO2/c1-7-3-4-9(8(2)5-7)6-10(12)11(13)14/h5,8-10H,3-4,6,12H2,1-2H3,(H,13,14)/p+1. The monoisotopic (exact) mass is 198 g/mol. The summed E-state index contributed by atoms with van der Waals surface area (Å²) in [6.07, 6.45) is 5.20. The van der Waals surface area contributed by atoms with Gasteiger partial charge in [0.05, 0.1) is 0 Å². The Labute approximate surface area is 85.0 Å². The number of allylic oxidation sites excluding steroid dienone is 2. The maximum atomic E-state index is 10.7. The first-order chi connectivity index (χ1) is 6.50. The lowest BCUT2D eigenvalue weighted by Crippen LogP contribution is -2.65. The molecular formula is C11H20NO2+. The third-order valence-corrected chi connectivity index (χ3v) is 3.14. The molecule has 3 atom stereocenters. The Morgan fingerprint density at radius 3 is 2.93 bits per heavy atom. The van der Waals surface area contributed by atoms with Gasteiger partial charge in [-0.25, -0.2) is 4.79 Å². The van der Waals surface area contributed by atoms with Crippen molar-refractivity contribution in [1.82, 2.24) is 0 Å². The Morgan fingerprint density at radius 1 is 1.79 bits per heavy atom. The highest BCUT2D eigenvalue weighted by molar-refractivity contribution is 5.71. The molecule has 80 valence electrons. The van der Waals surface area contributed by atoms with Gasteiger partial charge in [0, 0.05) is 6.42 Å². The van der Waals surface area contributed by atoms with Gasteiger partial charge in [0.25, 0.3) is 0 Å². The summed E-state index contributed by atoms with van der Waals surface area (Å²) in [5, 5.41) is 8.77. The molecule has 14 heavy (non-hydrogen) atoms. The second kappa shape index (κ2) is 4.60. The number of rotatable bonds is 3. The summed E-state index contributed by atoms with van der Waals surface area (Å²) in [4.78, 5) is 10.7. The number of quaternary nitrogens is 1. The van der Waals surface area contributed by atoms with Crippen LogP contribution in [0.2, 0.25) is 0 Å². The molecule has 1 rings (SSSR count). The normalized spacial score (nSPS) is 29.5. The van der Waals surface area contributed by atoms with Gasteiger partial charge in [-0.3, -0.25) is 0 Å². The minimum absolute atomic E-state index is 0.450. The van der Waals surface area contributed by atoms with Crippen molar-refractivity contribution in [3.05, 3.63) is 11.6 Å². The first-order valence-electron chi connectivity index (χ1n) is 5.24. The third-order valence-electron chi connectivity index (χ3n) is 3.14. The predicted molar refractivity (Wildman–Crippen MR) is 54.6 cm³/mol. The van der Waals surface area contributed by atoms with Crippen molar-refractivity contribution in [1.29, 1.82) is 0 Å². The summed E-state index contributed by atoms with van der Waals surface area (Å²) in [6, 6.07) is -0.450. The molecule has 0 saturated carbocycles. The molecule has 0 saturated heterocycles. The van der Waals surface area contributed by atoms with Crippen LogP contribution in [0, 0.1) is 11.8 Å². The zero-order chi connectivity index (χ0) is 10.7. The molecule has 4 N–H and O–H groups in total. The molecule has 0 fully saturated rings. The van der Waals surface area contributed by atoms with E-state index in [1.54, 1.807) is 0 Å². The second-order valence-corrected chi connectivity index (χ2v) is 4.44. The van der Waals surface area contributed by atoms with Gasteiger partial charge in [-0.15, -0.1) is 0 Å². The molecule has 0 radical (unpaired) electrons. The summed E-state index contributed by atoms with van der Waals surface area (Å²) < 4.78 is 0. The number of carbonyl (C=O) groups is 1. The molecule has 3 unspecified atom stereocenters. The fourth-order valence-corrected chi connectivity index (χ4v) is 2.14. The lowest BCUT2D eigenvalue weighted by Gasteiger charge is -2.27. The summed E-state index contributed by atoms with van der Waals surface area (Å²) in [5.41, 5.74) is 5.10. The van der Waals surface area contributed by atoms with E-state index in [1.807, 2.05) is 0 Å². The van der Waals surface area contributed by atoms with Crippen molar-refractivity contribution in [2.24, 2.45) is 11.8 Å². The molecule has 1 aliphatic carbocycles. The third kappa shape index (κ3) is 2.84. The summed E-state index contributed by atoms with van der Waals surface area (Å²) in [6.45, 7) is 4.31. The average Bonchev–Trinajstić information content (AvgIpc) is 2.09. The van der Waals surface area contributed by atoms with Crippen LogP contribution in [0.3, 0.4) is 0 Å². The van der Waals surface area contributed by atoms with Crippen LogP contribution in [0.5, 0.6) is 0 Å². The van der Waals surface area contributed by atoms with E-state index in [9.17, 15) is 4.79 Å². The average molecular weight is 198 g/mol. The van der Waals surface area contributed by atoms with E-state index in [-0.39, 0.29) is 0 Å². The zero-order valence-electron chi connectivity index (χ0n) is 8.99. The molecule has 0 bridgehead atoms. The zero-order valence-corrected chi connectivity index (χ0v) is 8.99. The molecule has 0 aromatic heterocycles. The van der Waals surface area contributed by atoms with E-state index in [0.29, 0.717) is 18.3 Å². The Balaban J connectivity index is 2.51. The summed E-state index contributed by atoms with van der Waals surface area (Å²) >= 11 is 0. The lowest BCUT2D eigenvalue weighted by atomic mass is 9.79. The number of carboxylic acid groups (broad SMARTS) is 1. The maximum absolute atomic E-state index is 10.7. The molecule has 0 amide bonds. The van der Waals surface area contributed by atoms with Crippen molar-refractivity contribution < 1.29 is 15.6 Å². The van der Waals surface area contributed by atoms with Gasteiger partial charge in [0.1, 0.15) is 0 Å². The molecule has 1 aliphatic rings. The van der Waals surface area contributed by atoms with E-state index in [0.717, 1.165) is 12.8 Å². The van der Waals surface area contributed by atoms with E-state index >= 15 is 0 Å². The highest BCUT2D eigenvalue weighted by Gasteiger charge is 2.26. The predicted octanol–water partition coefficient (Wildman–Crippen LogP) is 1.06. The number of aliphatic carboxylic acids is 1. The van der Waals surface area contributed by atoms with Crippen molar-refractivity contribution >= 4 is 5.97 Å². The highest BCUT2D eigenvalue weighted by Crippen LogP contribution is 2.30. The van der Waals surface area contributed by atoms with Crippen molar-refractivity contribution in [3.8, 4) is 0 Å². The van der Waals surface area contributed by atoms with E-state index in [4.69, 9.17) is 5.11 Å². The van der Waals surface area contributed by atoms with Crippen LogP contribution in [0.15, 0.2) is 11.6 Å². The SMILES string of the molecule is CC1=CC(C)C(CC([NH3+])C(=O)O)CC1. The lowest BCUT2D eigenvalue weighted by molar-refractivity contribution is -0.411. The number of hydrogen-bond donors (Lipinski definition) is 2. The van der Waals surface area contributed by atoms with E-state index in [1.165, 1.54) is 5.57 Å². The topological polar surface area (TPSA) is 64.9 Å². The van der Waals surface area contributed by atoms with Crippen molar-refractivity contribution in [2.45, 2.75) is 39.2 Å². The molecule has 0 heterocycles. The minimum Gasteiger partial charge on any atom is -0.477 e. The molecule has 3 heteroatoms. The smallest absolute Gasteiger partial charge is 0.362 e. The molecule has 0 aliphatic heterocycles. The van der Waals surface area contributed by atoms with Gasteiger partial charge in [0.2, 0.25) is 0 Å². The van der Waals surface area contributed by atoms with Gasteiger partial charge in [-0.05, 0) is 31.6 Å². The number of carboxylic acids is 1. The first kappa shape index (κ1) is 11.2. The van der Waals surface area contributed by atoms with E-state index < -0.39 is 12.0 Å². The van der Waals surface area contributed by atoms with Crippen LogP contribution in [0.1, 0.15) is 33.1 Å². The van der Waals surface area contributed by atoms with Gasteiger partial charge < -0.3 is 10.8 Å². The van der Waals surface area contributed by atoms with E-state index in [2.05, 4.69) is 25.7 Å². The maximum Gasteiger partial charge on any atom is 0.362 e. The van der Waals surface area contributed by atoms with Crippen LogP contribution >= 0.6 is 0 Å². The Morgan fingerprint density at radius 2 is 2.43 bits per heavy atom. The second-order valence-electron chi connectivity index (χ2n) is 4.44. The Hall–Kier alpha value is -0.830. The fourth-order valence-electron chi connectivity index (χ4n) is 2.14. The molecule has 0 aromatic rings. The van der Waals surface area contributed by atoms with Crippen LogP contribution in [0.25, 0.3) is 0 Å². The Bertz CT molecular complexity index is 248. The largest absolute Gasteiger partial charge is 0.477 e. The van der Waals surface area contributed by atoms with Crippen LogP contribution in [0.4, 0.5) is 0 Å². The first-order valence-corrected chi connectivity index (χ1v) is 5.24. The molecule has 0 aromatic carbocycles. The highest BCUT2D eigenvalue weighted by atomic mass is 16.4. The van der Waals surface area contributed by atoms with Crippen LogP contribution in [-0.2, 0) is 4.79 Å². The van der Waals surface area contributed by atoms with Crippen LogP contribution in [-0.4, -0.2) is 17.1 Å². The van der Waals surface area contributed by atoms with Crippen molar-refractivity contribution in [2.75, 3.05) is 0 Å². The number of hydrogen-bond acceptors (Lipinski definition) is 1. The quantitative estimate of drug-likeness (QED) is 0.666. The molecular weight excluding hydrogens is 178 g/mol. The van der Waals surface area contributed by atoms with Gasteiger partial charge in [-0.1, -0.05) is 18.6 Å². The minimum atomic E-state index is -0.775.